The van der Waals surface area contributed by atoms with Gasteiger partial charge in [0.05, 0.1) is 22.9 Å². The molecule has 1 N–H and O–H groups in total. The number of nitrogens with zero attached hydrogens (tertiary/aromatic N) is 2. The molecule has 0 unspecified atom stereocenters. The van der Waals surface area contributed by atoms with Crippen LogP contribution in [0.15, 0.2) is 30.5 Å². The van der Waals surface area contributed by atoms with Crippen LogP contribution in [0.2, 0.25) is 0 Å². The molecule has 1 aromatic carbocycles. The van der Waals surface area contributed by atoms with Gasteiger partial charge < -0.3 is 9.72 Å². The van der Waals surface area contributed by atoms with Crippen LogP contribution in [0.5, 0.6) is 0 Å². The molecule has 0 saturated heterocycles. The van der Waals surface area contributed by atoms with Crippen molar-refractivity contribution in [3.8, 4) is 0 Å². The van der Waals surface area contributed by atoms with Crippen LogP contribution in [0.1, 0.15) is 56.4 Å². The molecule has 0 spiro atoms. The van der Waals surface area contributed by atoms with Crippen LogP contribution in [0, 0.1) is 13.8 Å². The summed E-state index contributed by atoms with van der Waals surface area (Å²) in [4.78, 5) is 48.1. The fourth-order valence-electron chi connectivity index (χ4n) is 3.06. The van der Waals surface area contributed by atoms with E-state index in [0.717, 1.165) is 0 Å². The number of aryl methyl sites for hydroxylation is 1. The Morgan fingerprint density at radius 3 is 2.41 bits per heavy atom. The minimum Gasteiger partial charge on any atom is -0.449 e. The Kier molecular flexibility index (Phi) is 4.85. The highest BCUT2D eigenvalue weighted by molar-refractivity contribution is 6.05. The number of fused-ring (bicyclic) bond motifs is 1. The number of hydrogen-bond acceptors (Lipinski definition) is 6. The van der Waals surface area contributed by atoms with Gasteiger partial charge in [0.2, 0.25) is 5.78 Å². The lowest BCUT2D eigenvalue weighted by Gasteiger charge is -2.12. The van der Waals surface area contributed by atoms with E-state index in [1.807, 2.05) is 6.07 Å². The molecule has 27 heavy (non-hydrogen) atoms. The van der Waals surface area contributed by atoms with E-state index in [-0.39, 0.29) is 17.2 Å². The first-order valence-electron chi connectivity index (χ1n) is 8.46. The minimum atomic E-state index is -1.04. The number of aromatic nitrogens is 3. The van der Waals surface area contributed by atoms with Crippen molar-refractivity contribution in [2.24, 2.45) is 0 Å². The fourth-order valence-corrected chi connectivity index (χ4v) is 3.06. The van der Waals surface area contributed by atoms with Crippen LogP contribution >= 0.6 is 0 Å². The first kappa shape index (κ1) is 18.4. The summed E-state index contributed by atoms with van der Waals surface area (Å²) in [6, 6.07) is 7.14. The zero-order valence-corrected chi connectivity index (χ0v) is 15.5. The van der Waals surface area contributed by atoms with E-state index in [2.05, 4.69) is 15.0 Å². The summed E-state index contributed by atoms with van der Waals surface area (Å²) >= 11 is 0. The van der Waals surface area contributed by atoms with Crippen molar-refractivity contribution in [3.05, 3.63) is 58.7 Å². The van der Waals surface area contributed by atoms with Crippen LogP contribution < -0.4 is 0 Å². The molecule has 3 rings (SSSR count). The summed E-state index contributed by atoms with van der Waals surface area (Å²) in [6.45, 7) is 6.34. The van der Waals surface area contributed by atoms with Crippen molar-refractivity contribution >= 4 is 28.6 Å². The summed E-state index contributed by atoms with van der Waals surface area (Å²) in [6.07, 6.45) is 0.280. The maximum Gasteiger partial charge on any atom is 0.359 e. The number of H-pyrrole nitrogens is 1. The van der Waals surface area contributed by atoms with E-state index in [1.165, 1.54) is 20.0 Å². The second-order valence-corrected chi connectivity index (χ2v) is 6.34. The molecule has 0 bridgehead atoms. The van der Waals surface area contributed by atoms with E-state index in [9.17, 15) is 14.4 Å². The number of esters is 1. The molecular weight excluding hydrogens is 346 g/mol. The van der Waals surface area contributed by atoms with E-state index in [4.69, 9.17) is 4.74 Å². The number of rotatable bonds is 5. The van der Waals surface area contributed by atoms with Gasteiger partial charge in [-0.2, -0.15) is 0 Å². The number of hydrogen-bond donors (Lipinski definition) is 1. The fraction of sp³-hybridized carbons (Fsp3) is 0.250. The molecule has 2 aromatic heterocycles. The largest absolute Gasteiger partial charge is 0.449 e. The molecule has 0 fully saturated rings. The number of para-hydroxylation sites is 2. The number of ketones is 2. The Hall–Kier alpha value is -3.35. The third kappa shape index (κ3) is 3.48. The van der Waals surface area contributed by atoms with Gasteiger partial charge in [0.25, 0.3) is 0 Å². The topological polar surface area (TPSA) is 102 Å². The average Bonchev–Trinajstić information content (AvgIpc) is 2.94. The normalized spacial score (nSPS) is 12.0. The van der Waals surface area contributed by atoms with Crippen LogP contribution in [-0.2, 0) is 4.74 Å². The third-order valence-electron chi connectivity index (χ3n) is 4.35. The van der Waals surface area contributed by atoms with Crippen molar-refractivity contribution in [2.45, 2.75) is 33.8 Å². The third-order valence-corrected chi connectivity index (χ3v) is 4.35. The van der Waals surface area contributed by atoms with Crippen molar-refractivity contribution in [1.29, 1.82) is 0 Å². The molecule has 0 amide bonds. The van der Waals surface area contributed by atoms with Crippen LogP contribution in [-0.4, -0.2) is 38.6 Å². The smallest absolute Gasteiger partial charge is 0.359 e. The predicted molar refractivity (Wildman–Crippen MR) is 99.0 cm³/mol. The lowest BCUT2D eigenvalue weighted by atomic mass is 10.0. The van der Waals surface area contributed by atoms with Crippen molar-refractivity contribution in [1.82, 2.24) is 15.0 Å². The molecule has 138 valence electrons. The van der Waals surface area contributed by atoms with Crippen LogP contribution in [0.3, 0.4) is 0 Å². The number of Topliss-reactive ketones (excluding diaryl/α,β-unsaturated/α-hetero) is 2. The highest BCUT2D eigenvalue weighted by Crippen LogP contribution is 2.21. The standard InChI is InChI=1S/C20H19N3O4/c1-10-17(12(3)24)11(2)22-18(10)19(25)13(4)27-20(26)16-9-21-14-7-5-6-8-15(14)23-16/h5-9,13,22H,1-4H3/t13-/m0/s1. The van der Waals surface area contributed by atoms with Gasteiger partial charge in [-0.05, 0) is 45.4 Å². The Bertz CT molecular complexity index is 1070. The van der Waals surface area contributed by atoms with Gasteiger partial charge in [-0.15, -0.1) is 0 Å². The van der Waals surface area contributed by atoms with Gasteiger partial charge in [0.1, 0.15) is 0 Å². The summed E-state index contributed by atoms with van der Waals surface area (Å²) in [5.41, 5.74) is 3.16. The summed E-state index contributed by atoms with van der Waals surface area (Å²) in [5.74, 6) is -1.27. The molecule has 0 aliphatic carbocycles. The maximum atomic E-state index is 12.7. The molecule has 0 radical (unpaired) electrons. The van der Waals surface area contributed by atoms with Crippen molar-refractivity contribution < 1.29 is 19.1 Å². The van der Waals surface area contributed by atoms with Gasteiger partial charge in [0.15, 0.2) is 17.6 Å². The highest BCUT2D eigenvalue weighted by Gasteiger charge is 2.26. The number of aromatic amines is 1. The summed E-state index contributed by atoms with van der Waals surface area (Å²) in [7, 11) is 0. The zero-order chi connectivity index (χ0) is 19.7. The number of nitrogens with one attached hydrogen (secondary N) is 1. The van der Waals surface area contributed by atoms with E-state index in [0.29, 0.717) is 27.9 Å². The molecular formula is C20H19N3O4. The second-order valence-electron chi connectivity index (χ2n) is 6.34. The first-order chi connectivity index (χ1) is 12.8. The Morgan fingerprint density at radius 2 is 1.78 bits per heavy atom. The number of benzene rings is 1. The number of carbonyl (C=O) groups is 3. The maximum absolute atomic E-state index is 12.7. The van der Waals surface area contributed by atoms with E-state index >= 15 is 0 Å². The highest BCUT2D eigenvalue weighted by atomic mass is 16.5. The molecule has 7 nitrogen and oxygen atoms in total. The molecule has 2 heterocycles. The average molecular weight is 365 g/mol. The lowest BCUT2D eigenvalue weighted by Crippen LogP contribution is -2.26. The van der Waals surface area contributed by atoms with Gasteiger partial charge in [0, 0.05) is 11.3 Å². The van der Waals surface area contributed by atoms with Gasteiger partial charge in [-0.25, -0.2) is 9.78 Å². The van der Waals surface area contributed by atoms with Gasteiger partial charge >= 0.3 is 5.97 Å². The van der Waals surface area contributed by atoms with E-state index in [1.54, 1.807) is 32.0 Å². The van der Waals surface area contributed by atoms with Gasteiger partial charge in [-0.3, -0.25) is 14.6 Å². The Balaban J connectivity index is 1.80. The zero-order valence-electron chi connectivity index (χ0n) is 15.5. The predicted octanol–water partition coefficient (Wildman–Crippen LogP) is 3.21. The summed E-state index contributed by atoms with van der Waals surface area (Å²) in [5, 5.41) is 0. The molecule has 0 aliphatic rings. The minimum absolute atomic E-state index is 0.0252. The first-order valence-corrected chi connectivity index (χ1v) is 8.46. The SMILES string of the molecule is CC(=O)c1c(C)[nH]c(C(=O)[C@H](C)OC(=O)c2cnc3ccccc3n2)c1C. The van der Waals surface area contributed by atoms with Crippen LogP contribution in [0.25, 0.3) is 11.0 Å². The van der Waals surface area contributed by atoms with Crippen LogP contribution in [0.4, 0.5) is 0 Å². The van der Waals surface area contributed by atoms with Crippen molar-refractivity contribution in [2.75, 3.05) is 0 Å². The van der Waals surface area contributed by atoms with E-state index < -0.39 is 17.9 Å². The quantitative estimate of drug-likeness (QED) is 0.550. The Labute approximate surface area is 155 Å². The molecule has 3 aromatic rings. The number of ether oxygens (including phenoxy) is 1. The molecule has 7 heteroatoms. The summed E-state index contributed by atoms with van der Waals surface area (Å²) < 4.78 is 5.27. The lowest BCUT2D eigenvalue weighted by molar-refractivity contribution is 0.0311. The monoisotopic (exact) mass is 365 g/mol. The Morgan fingerprint density at radius 1 is 1.11 bits per heavy atom. The second kappa shape index (κ2) is 7.11. The number of carbonyl (C=O) groups excluding carboxylic acids is 3. The van der Waals surface area contributed by atoms with Crippen molar-refractivity contribution in [3.63, 3.8) is 0 Å². The molecule has 1 atom stereocenters. The van der Waals surface area contributed by atoms with Gasteiger partial charge in [-0.1, -0.05) is 12.1 Å². The molecule has 0 aliphatic heterocycles. The molecule has 0 saturated carbocycles.